The van der Waals surface area contributed by atoms with Gasteiger partial charge in [0.15, 0.2) is 0 Å². The molecule has 1 amide bonds. The van der Waals surface area contributed by atoms with Crippen LogP contribution in [0.5, 0.6) is 0 Å². The van der Waals surface area contributed by atoms with Crippen molar-refractivity contribution in [3.8, 4) is 0 Å². The molecule has 0 saturated carbocycles. The van der Waals surface area contributed by atoms with E-state index in [-0.39, 0.29) is 12.5 Å². The lowest BCUT2D eigenvalue weighted by molar-refractivity contribution is 0.102. The summed E-state index contributed by atoms with van der Waals surface area (Å²) in [6, 6.07) is 19.5. The summed E-state index contributed by atoms with van der Waals surface area (Å²) in [5.41, 5.74) is 4.54. The predicted octanol–water partition coefficient (Wildman–Crippen LogP) is 5.18. The van der Waals surface area contributed by atoms with E-state index in [1.807, 2.05) is 32.0 Å². The first-order chi connectivity index (χ1) is 14.1. The molecular weight excluding hydrogens is 420 g/mol. The Labute approximate surface area is 182 Å². The Morgan fingerprint density at radius 1 is 0.967 bits per heavy atom. The summed E-state index contributed by atoms with van der Waals surface area (Å²) in [6.07, 6.45) is 1.19. The molecule has 0 aliphatic heterocycles. The van der Waals surface area contributed by atoms with Crippen LogP contribution in [0.2, 0.25) is 5.02 Å². The number of sulfonamides is 1. The van der Waals surface area contributed by atoms with Gasteiger partial charge in [-0.05, 0) is 66.9 Å². The minimum Gasteiger partial charge on any atom is -0.322 e. The van der Waals surface area contributed by atoms with E-state index in [1.165, 1.54) is 10.6 Å². The molecule has 0 bridgehead atoms. The van der Waals surface area contributed by atoms with Crippen molar-refractivity contribution < 1.29 is 13.2 Å². The number of nitrogens with one attached hydrogen (secondary N) is 1. The first-order valence-electron chi connectivity index (χ1n) is 9.35. The third kappa shape index (κ3) is 5.20. The predicted molar refractivity (Wildman–Crippen MR) is 123 cm³/mol. The third-order valence-electron chi connectivity index (χ3n) is 4.84. The maximum atomic E-state index is 12.4. The molecule has 0 aromatic heterocycles. The van der Waals surface area contributed by atoms with Crippen LogP contribution in [0, 0.1) is 13.8 Å². The lowest BCUT2D eigenvalue weighted by Gasteiger charge is -2.23. The Morgan fingerprint density at radius 2 is 1.63 bits per heavy atom. The fraction of sp³-hybridized carbons (Fsp3) is 0.174. The highest BCUT2D eigenvalue weighted by Crippen LogP contribution is 2.24. The number of amides is 1. The van der Waals surface area contributed by atoms with Crippen LogP contribution in [0.4, 0.5) is 11.4 Å². The number of hydrogen-bond acceptors (Lipinski definition) is 3. The van der Waals surface area contributed by atoms with Crippen molar-refractivity contribution >= 4 is 38.9 Å². The van der Waals surface area contributed by atoms with E-state index in [0.717, 1.165) is 16.7 Å². The molecule has 7 heteroatoms. The van der Waals surface area contributed by atoms with Crippen LogP contribution in [-0.2, 0) is 16.6 Å². The number of nitrogens with zero attached hydrogens (tertiary/aromatic N) is 1. The zero-order chi connectivity index (χ0) is 21.9. The molecule has 0 unspecified atom stereocenters. The van der Waals surface area contributed by atoms with Gasteiger partial charge in [0.25, 0.3) is 5.91 Å². The molecule has 1 N–H and O–H groups in total. The van der Waals surface area contributed by atoms with Crippen molar-refractivity contribution in [2.24, 2.45) is 0 Å². The lowest BCUT2D eigenvalue weighted by atomic mass is 10.1. The van der Waals surface area contributed by atoms with Crippen LogP contribution in [-0.4, -0.2) is 20.6 Å². The van der Waals surface area contributed by atoms with Gasteiger partial charge in [-0.1, -0.05) is 41.9 Å². The number of halogens is 1. The van der Waals surface area contributed by atoms with Crippen molar-refractivity contribution in [2.75, 3.05) is 15.9 Å². The van der Waals surface area contributed by atoms with Crippen LogP contribution in [0.25, 0.3) is 0 Å². The Hall–Kier alpha value is -2.83. The Bertz CT molecular complexity index is 1180. The Kier molecular flexibility index (Phi) is 6.48. The summed E-state index contributed by atoms with van der Waals surface area (Å²) in [4.78, 5) is 12.4. The highest BCUT2D eigenvalue weighted by atomic mass is 35.5. The molecule has 5 nitrogen and oxygen atoms in total. The third-order valence-corrected chi connectivity index (χ3v) is 6.31. The molecule has 0 aliphatic rings. The monoisotopic (exact) mass is 442 g/mol. The quantitative estimate of drug-likeness (QED) is 0.572. The normalized spacial score (nSPS) is 11.2. The van der Waals surface area contributed by atoms with Crippen LogP contribution in [0.1, 0.15) is 27.0 Å². The number of carbonyl (C=O) groups excluding carboxylic acids is 1. The SMILES string of the molecule is Cc1ccc(N(Cc2ccc(NC(=O)c3ccccc3Cl)cc2)S(C)(=O)=O)cc1C. The first-order valence-corrected chi connectivity index (χ1v) is 11.6. The van der Waals surface area contributed by atoms with Crippen LogP contribution in [0.3, 0.4) is 0 Å². The minimum atomic E-state index is -3.47. The van der Waals surface area contributed by atoms with E-state index in [0.29, 0.717) is 22.0 Å². The van der Waals surface area contributed by atoms with Gasteiger partial charge < -0.3 is 5.32 Å². The van der Waals surface area contributed by atoms with E-state index in [4.69, 9.17) is 11.6 Å². The number of hydrogen-bond donors (Lipinski definition) is 1. The molecule has 156 valence electrons. The first kappa shape index (κ1) is 21.9. The molecule has 0 fully saturated rings. The average Bonchev–Trinajstić information content (AvgIpc) is 2.69. The maximum Gasteiger partial charge on any atom is 0.257 e. The zero-order valence-electron chi connectivity index (χ0n) is 17.0. The molecule has 3 aromatic carbocycles. The number of rotatable bonds is 6. The standard InChI is InChI=1S/C23H23ClN2O3S/c1-16-8-13-20(14-17(16)2)26(30(3,28)29)15-18-9-11-19(12-10-18)25-23(27)21-6-4-5-7-22(21)24/h4-14H,15H2,1-3H3,(H,25,27). The summed E-state index contributed by atoms with van der Waals surface area (Å²) < 4.78 is 26.2. The number of anilines is 2. The van der Waals surface area contributed by atoms with Gasteiger partial charge in [0, 0.05) is 5.69 Å². The van der Waals surface area contributed by atoms with E-state index >= 15 is 0 Å². The van der Waals surface area contributed by atoms with Gasteiger partial charge in [-0.2, -0.15) is 0 Å². The van der Waals surface area contributed by atoms with Gasteiger partial charge in [-0.3, -0.25) is 9.10 Å². The van der Waals surface area contributed by atoms with E-state index in [1.54, 1.807) is 48.5 Å². The summed E-state index contributed by atoms with van der Waals surface area (Å²) in [7, 11) is -3.47. The largest absolute Gasteiger partial charge is 0.322 e. The second kappa shape index (κ2) is 8.90. The van der Waals surface area contributed by atoms with Crippen molar-refractivity contribution in [3.05, 3.63) is 94.0 Å². The maximum absolute atomic E-state index is 12.4. The van der Waals surface area contributed by atoms with Gasteiger partial charge in [0.05, 0.1) is 29.1 Å². The van der Waals surface area contributed by atoms with Crippen molar-refractivity contribution in [2.45, 2.75) is 20.4 Å². The molecule has 3 aromatic rings. The van der Waals surface area contributed by atoms with Gasteiger partial charge in [0.2, 0.25) is 10.0 Å². The van der Waals surface area contributed by atoms with Crippen LogP contribution in [0.15, 0.2) is 66.7 Å². The highest BCUT2D eigenvalue weighted by molar-refractivity contribution is 7.92. The molecule has 0 spiro atoms. The molecule has 0 radical (unpaired) electrons. The van der Waals surface area contributed by atoms with Crippen molar-refractivity contribution in [1.82, 2.24) is 0 Å². The van der Waals surface area contributed by atoms with Gasteiger partial charge >= 0.3 is 0 Å². The molecule has 0 saturated heterocycles. The highest BCUT2D eigenvalue weighted by Gasteiger charge is 2.18. The summed E-state index contributed by atoms with van der Waals surface area (Å²) in [5.74, 6) is -0.304. The molecule has 0 atom stereocenters. The number of carbonyl (C=O) groups is 1. The molecular formula is C23H23ClN2O3S. The molecule has 0 aliphatic carbocycles. The molecule has 30 heavy (non-hydrogen) atoms. The average molecular weight is 443 g/mol. The number of benzene rings is 3. The zero-order valence-corrected chi connectivity index (χ0v) is 18.6. The fourth-order valence-electron chi connectivity index (χ4n) is 2.98. The number of aryl methyl sites for hydroxylation is 2. The second-order valence-electron chi connectivity index (χ2n) is 7.17. The van der Waals surface area contributed by atoms with Gasteiger partial charge in [-0.15, -0.1) is 0 Å². The molecule has 0 heterocycles. The summed E-state index contributed by atoms with van der Waals surface area (Å²) in [5, 5.41) is 3.18. The van der Waals surface area contributed by atoms with Gasteiger partial charge in [-0.25, -0.2) is 8.42 Å². The van der Waals surface area contributed by atoms with E-state index in [2.05, 4.69) is 5.32 Å². The minimum absolute atomic E-state index is 0.195. The fourth-order valence-corrected chi connectivity index (χ4v) is 4.09. The summed E-state index contributed by atoms with van der Waals surface area (Å²) >= 11 is 6.07. The van der Waals surface area contributed by atoms with E-state index < -0.39 is 10.0 Å². The van der Waals surface area contributed by atoms with Crippen molar-refractivity contribution in [3.63, 3.8) is 0 Å². The van der Waals surface area contributed by atoms with Crippen LogP contribution < -0.4 is 9.62 Å². The smallest absolute Gasteiger partial charge is 0.257 e. The molecule has 3 rings (SSSR count). The van der Waals surface area contributed by atoms with Crippen LogP contribution >= 0.6 is 11.6 Å². The second-order valence-corrected chi connectivity index (χ2v) is 9.48. The Morgan fingerprint density at radius 3 is 2.23 bits per heavy atom. The topological polar surface area (TPSA) is 66.5 Å². The Balaban J connectivity index is 1.78. The van der Waals surface area contributed by atoms with Gasteiger partial charge in [0.1, 0.15) is 0 Å². The lowest BCUT2D eigenvalue weighted by Crippen LogP contribution is -2.29. The summed E-state index contributed by atoms with van der Waals surface area (Å²) in [6.45, 7) is 4.13. The van der Waals surface area contributed by atoms with Crippen molar-refractivity contribution in [1.29, 1.82) is 0 Å². The van der Waals surface area contributed by atoms with E-state index in [9.17, 15) is 13.2 Å².